The second kappa shape index (κ2) is 7.01. The summed E-state index contributed by atoms with van der Waals surface area (Å²) >= 11 is 0. The summed E-state index contributed by atoms with van der Waals surface area (Å²) in [6.45, 7) is 4.19. The minimum atomic E-state index is -0.712. The Labute approximate surface area is 108 Å². The minimum absolute atomic E-state index is 0.0352. The summed E-state index contributed by atoms with van der Waals surface area (Å²) in [4.78, 5) is 11.5. The lowest BCUT2D eigenvalue weighted by molar-refractivity contribution is -0.122. The molecular formula is C14H21NO3. The van der Waals surface area contributed by atoms with E-state index in [1.807, 2.05) is 32.0 Å². The van der Waals surface area contributed by atoms with Gasteiger partial charge in [0.05, 0.1) is 13.2 Å². The average molecular weight is 251 g/mol. The number of carbonyl (C=O) groups excluding carboxylic acids is 1. The zero-order valence-corrected chi connectivity index (χ0v) is 11.1. The van der Waals surface area contributed by atoms with Crippen LogP contribution in [-0.2, 0) is 4.79 Å². The molecule has 0 aliphatic rings. The minimum Gasteiger partial charge on any atom is -0.497 e. The number of methoxy groups -OCH3 is 1. The van der Waals surface area contributed by atoms with Crippen LogP contribution in [0.4, 0.5) is 0 Å². The Kier molecular flexibility index (Phi) is 5.65. The highest BCUT2D eigenvalue weighted by atomic mass is 16.5. The molecule has 100 valence electrons. The van der Waals surface area contributed by atoms with Crippen molar-refractivity contribution in [3.63, 3.8) is 0 Å². The number of benzene rings is 1. The number of rotatable bonds is 6. The third kappa shape index (κ3) is 4.75. The van der Waals surface area contributed by atoms with E-state index in [0.717, 1.165) is 5.56 Å². The summed E-state index contributed by atoms with van der Waals surface area (Å²) in [6.07, 6.45) is -0.235. The first-order chi connectivity index (χ1) is 8.52. The zero-order chi connectivity index (χ0) is 13.5. The Morgan fingerprint density at radius 2 is 2.17 bits per heavy atom. The Hall–Kier alpha value is -1.55. The van der Waals surface area contributed by atoms with Crippen molar-refractivity contribution in [2.45, 2.75) is 26.4 Å². The first-order valence-electron chi connectivity index (χ1n) is 6.11. The zero-order valence-electron chi connectivity index (χ0n) is 11.1. The monoisotopic (exact) mass is 251 g/mol. The van der Waals surface area contributed by atoms with Gasteiger partial charge in [-0.25, -0.2) is 0 Å². The van der Waals surface area contributed by atoms with Gasteiger partial charge in [0, 0.05) is 13.0 Å². The molecule has 0 saturated heterocycles. The summed E-state index contributed by atoms with van der Waals surface area (Å²) < 4.78 is 5.08. The van der Waals surface area contributed by atoms with Crippen LogP contribution in [0.25, 0.3) is 0 Å². The maximum atomic E-state index is 11.5. The number of hydrogen-bond donors (Lipinski definition) is 2. The largest absolute Gasteiger partial charge is 0.497 e. The van der Waals surface area contributed by atoms with Crippen LogP contribution in [0.3, 0.4) is 0 Å². The molecule has 0 aliphatic heterocycles. The van der Waals surface area contributed by atoms with E-state index >= 15 is 0 Å². The summed E-state index contributed by atoms with van der Waals surface area (Å²) in [6, 6.07) is 7.20. The van der Waals surface area contributed by atoms with Gasteiger partial charge in [-0.2, -0.15) is 0 Å². The van der Waals surface area contributed by atoms with Gasteiger partial charge in [-0.3, -0.25) is 4.79 Å². The number of ether oxygens (including phenoxy) is 1. The van der Waals surface area contributed by atoms with Crippen LogP contribution in [0.1, 0.15) is 31.9 Å². The highest BCUT2D eigenvalue weighted by molar-refractivity contribution is 5.76. The van der Waals surface area contributed by atoms with E-state index in [9.17, 15) is 9.90 Å². The van der Waals surface area contributed by atoms with E-state index < -0.39 is 6.10 Å². The van der Waals surface area contributed by atoms with Gasteiger partial charge in [-0.05, 0) is 23.6 Å². The molecule has 0 saturated carbocycles. The normalized spacial score (nSPS) is 12.3. The SMILES string of the molecule is COc1cccc(C(O)CNC(=O)CC(C)C)c1. The molecule has 0 bridgehead atoms. The molecular weight excluding hydrogens is 230 g/mol. The number of nitrogens with one attached hydrogen (secondary N) is 1. The van der Waals surface area contributed by atoms with Crippen LogP contribution < -0.4 is 10.1 Å². The number of aliphatic hydroxyl groups excluding tert-OH is 1. The molecule has 4 heteroatoms. The van der Waals surface area contributed by atoms with Crippen LogP contribution in [0.2, 0.25) is 0 Å². The van der Waals surface area contributed by atoms with Gasteiger partial charge in [0.25, 0.3) is 0 Å². The lowest BCUT2D eigenvalue weighted by Crippen LogP contribution is -2.29. The van der Waals surface area contributed by atoms with E-state index in [-0.39, 0.29) is 12.5 Å². The van der Waals surface area contributed by atoms with Crippen molar-refractivity contribution in [1.29, 1.82) is 0 Å². The van der Waals surface area contributed by atoms with Crippen molar-refractivity contribution in [3.8, 4) is 5.75 Å². The molecule has 1 atom stereocenters. The second-order valence-corrected chi connectivity index (χ2v) is 4.69. The lowest BCUT2D eigenvalue weighted by atomic mass is 10.1. The number of aliphatic hydroxyl groups is 1. The van der Waals surface area contributed by atoms with E-state index in [1.165, 1.54) is 0 Å². The average Bonchev–Trinajstić information content (AvgIpc) is 2.35. The molecule has 1 aromatic rings. The fourth-order valence-corrected chi connectivity index (χ4v) is 1.62. The van der Waals surface area contributed by atoms with E-state index in [1.54, 1.807) is 13.2 Å². The molecule has 18 heavy (non-hydrogen) atoms. The van der Waals surface area contributed by atoms with Gasteiger partial charge in [0.2, 0.25) is 5.91 Å². The van der Waals surface area contributed by atoms with Crippen molar-refractivity contribution in [2.75, 3.05) is 13.7 Å². The number of carbonyl (C=O) groups is 1. The molecule has 1 unspecified atom stereocenters. The fourth-order valence-electron chi connectivity index (χ4n) is 1.62. The molecule has 0 aromatic heterocycles. The Morgan fingerprint density at radius 3 is 2.78 bits per heavy atom. The Balaban J connectivity index is 2.49. The van der Waals surface area contributed by atoms with Crippen LogP contribution in [0.5, 0.6) is 5.75 Å². The summed E-state index contributed by atoms with van der Waals surface area (Å²) in [5.41, 5.74) is 0.735. The predicted molar refractivity (Wildman–Crippen MR) is 70.4 cm³/mol. The number of amides is 1. The molecule has 0 aliphatic carbocycles. The summed E-state index contributed by atoms with van der Waals surface area (Å²) in [5.74, 6) is 0.978. The third-order valence-electron chi connectivity index (χ3n) is 2.56. The van der Waals surface area contributed by atoms with Crippen LogP contribution >= 0.6 is 0 Å². The molecule has 0 spiro atoms. The molecule has 1 aromatic carbocycles. The smallest absolute Gasteiger partial charge is 0.220 e. The Morgan fingerprint density at radius 1 is 1.44 bits per heavy atom. The molecule has 2 N–H and O–H groups in total. The van der Waals surface area contributed by atoms with Crippen LogP contribution in [-0.4, -0.2) is 24.7 Å². The van der Waals surface area contributed by atoms with Crippen molar-refractivity contribution in [3.05, 3.63) is 29.8 Å². The first-order valence-corrected chi connectivity index (χ1v) is 6.11. The second-order valence-electron chi connectivity index (χ2n) is 4.69. The van der Waals surface area contributed by atoms with E-state index in [2.05, 4.69) is 5.32 Å². The standard InChI is InChI=1S/C14H21NO3/c1-10(2)7-14(17)15-9-13(16)11-5-4-6-12(8-11)18-3/h4-6,8,10,13,16H,7,9H2,1-3H3,(H,15,17). The highest BCUT2D eigenvalue weighted by Crippen LogP contribution is 2.18. The van der Waals surface area contributed by atoms with Gasteiger partial charge >= 0.3 is 0 Å². The molecule has 0 fully saturated rings. The van der Waals surface area contributed by atoms with Gasteiger partial charge in [0.1, 0.15) is 5.75 Å². The summed E-state index contributed by atoms with van der Waals surface area (Å²) in [5, 5.41) is 12.7. The van der Waals surface area contributed by atoms with Gasteiger partial charge in [-0.15, -0.1) is 0 Å². The van der Waals surface area contributed by atoms with E-state index in [0.29, 0.717) is 18.1 Å². The molecule has 1 rings (SSSR count). The van der Waals surface area contributed by atoms with Gasteiger partial charge in [0.15, 0.2) is 0 Å². The lowest BCUT2D eigenvalue weighted by Gasteiger charge is -2.13. The maximum absolute atomic E-state index is 11.5. The molecule has 0 heterocycles. The predicted octanol–water partition coefficient (Wildman–Crippen LogP) is 1.89. The van der Waals surface area contributed by atoms with Crippen molar-refractivity contribution >= 4 is 5.91 Å². The van der Waals surface area contributed by atoms with Crippen LogP contribution in [0.15, 0.2) is 24.3 Å². The van der Waals surface area contributed by atoms with Gasteiger partial charge in [-0.1, -0.05) is 26.0 Å². The third-order valence-corrected chi connectivity index (χ3v) is 2.56. The Bertz CT molecular complexity index is 390. The van der Waals surface area contributed by atoms with Crippen molar-refractivity contribution in [1.82, 2.24) is 5.32 Å². The van der Waals surface area contributed by atoms with Gasteiger partial charge < -0.3 is 15.2 Å². The molecule has 4 nitrogen and oxygen atoms in total. The van der Waals surface area contributed by atoms with Crippen molar-refractivity contribution < 1.29 is 14.6 Å². The van der Waals surface area contributed by atoms with Crippen molar-refractivity contribution in [2.24, 2.45) is 5.92 Å². The number of hydrogen-bond acceptors (Lipinski definition) is 3. The highest BCUT2D eigenvalue weighted by Gasteiger charge is 2.11. The fraction of sp³-hybridized carbons (Fsp3) is 0.500. The van der Waals surface area contributed by atoms with E-state index in [4.69, 9.17) is 4.74 Å². The quantitative estimate of drug-likeness (QED) is 0.811. The molecule has 0 radical (unpaired) electrons. The maximum Gasteiger partial charge on any atom is 0.220 e. The topological polar surface area (TPSA) is 58.6 Å². The first kappa shape index (κ1) is 14.5. The summed E-state index contributed by atoms with van der Waals surface area (Å²) in [7, 11) is 1.58. The molecule has 1 amide bonds. The van der Waals surface area contributed by atoms with Crippen LogP contribution in [0, 0.1) is 5.92 Å².